The van der Waals surface area contributed by atoms with E-state index in [1.165, 1.54) is 6.07 Å². The molecule has 0 aliphatic carbocycles. The van der Waals surface area contributed by atoms with Gasteiger partial charge in [0.05, 0.1) is 11.6 Å². The minimum absolute atomic E-state index is 0.175. The van der Waals surface area contributed by atoms with Gasteiger partial charge in [-0.3, -0.25) is 4.79 Å². The predicted molar refractivity (Wildman–Crippen MR) is 113 cm³/mol. The zero-order valence-electron chi connectivity index (χ0n) is 16.3. The number of likely N-dealkylation sites (tertiary alicyclic amines) is 1. The molecule has 1 fully saturated rings. The number of benzene rings is 3. The van der Waals surface area contributed by atoms with Crippen molar-refractivity contribution in [2.45, 2.75) is 24.9 Å². The van der Waals surface area contributed by atoms with E-state index in [2.05, 4.69) is 0 Å². The Morgan fingerprint density at radius 2 is 1.61 bits per heavy atom. The molecule has 2 atom stereocenters. The van der Waals surface area contributed by atoms with Crippen molar-refractivity contribution in [3.8, 4) is 11.1 Å². The van der Waals surface area contributed by atoms with Gasteiger partial charge in [0.1, 0.15) is 6.04 Å². The average Bonchev–Trinajstić information content (AvgIpc) is 3.21. The summed E-state index contributed by atoms with van der Waals surface area (Å²) in [7, 11) is 0. The number of rotatable bonds is 4. The topological polar surface area (TPSA) is 57.6 Å². The van der Waals surface area contributed by atoms with Gasteiger partial charge in [-0.15, -0.1) is 0 Å². The lowest BCUT2D eigenvalue weighted by Gasteiger charge is -2.30. The van der Waals surface area contributed by atoms with Crippen LogP contribution in [-0.2, 0) is 4.79 Å². The van der Waals surface area contributed by atoms with Crippen molar-refractivity contribution in [3.63, 3.8) is 0 Å². The van der Waals surface area contributed by atoms with Gasteiger partial charge < -0.3 is 10.0 Å². The minimum Gasteiger partial charge on any atom is -0.480 e. The molecule has 1 heterocycles. The largest absolute Gasteiger partial charge is 0.480 e. The molecule has 4 nitrogen and oxygen atoms in total. The smallest absolute Gasteiger partial charge is 0.326 e. The van der Waals surface area contributed by atoms with Gasteiger partial charge in [0, 0.05) is 5.02 Å². The lowest BCUT2D eigenvalue weighted by Crippen LogP contribution is -2.42. The van der Waals surface area contributed by atoms with Gasteiger partial charge in [0.25, 0.3) is 5.91 Å². The summed E-state index contributed by atoms with van der Waals surface area (Å²) in [5.41, 5.74) is 0.791. The number of amides is 1. The number of carboxylic acids is 1. The first-order chi connectivity index (χ1) is 14.9. The van der Waals surface area contributed by atoms with E-state index in [4.69, 9.17) is 11.6 Å². The van der Waals surface area contributed by atoms with Crippen LogP contribution < -0.4 is 0 Å². The zero-order chi connectivity index (χ0) is 22.1. The van der Waals surface area contributed by atoms with Gasteiger partial charge in [0.2, 0.25) is 0 Å². The molecule has 2 unspecified atom stereocenters. The summed E-state index contributed by atoms with van der Waals surface area (Å²) >= 11 is 6.31. The van der Waals surface area contributed by atoms with Crippen molar-refractivity contribution in [1.29, 1.82) is 0 Å². The number of hydrogen-bond acceptors (Lipinski definition) is 2. The molecule has 0 aromatic heterocycles. The van der Waals surface area contributed by atoms with Crippen molar-refractivity contribution in [3.05, 3.63) is 94.5 Å². The van der Waals surface area contributed by atoms with Crippen LogP contribution in [0.15, 0.2) is 66.7 Å². The summed E-state index contributed by atoms with van der Waals surface area (Å²) in [4.78, 5) is 26.7. The van der Waals surface area contributed by atoms with Gasteiger partial charge in [-0.2, -0.15) is 0 Å². The molecule has 31 heavy (non-hydrogen) atoms. The molecular formula is C24H18ClF2NO3. The van der Waals surface area contributed by atoms with Crippen molar-refractivity contribution >= 4 is 23.5 Å². The maximum absolute atomic E-state index is 15.0. The third kappa shape index (κ3) is 3.79. The van der Waals surface area contributed by atoms with Crippen LogP contribution in [0.25, 0.3) is 11.1 Å². The Hall–Kier alpha value is -3.25. The maximum atomic E-state index is 15.0. The fourth-order valence-corrected chi connectivity index (χ4v) is 4.40. The van der Waals surface area contributed by atoms with E-state index in [1.807, 2.05) is 0 Å². The Morgan fingerprint density at radius 3 is 2.29 bits per heavy atom. The summed E-state index contributed by atoms with van der Waals surface area (Å²) in [5, 5.41) is 10.1. The summed E-state index contributed by atoms with van der Waals surface area (Å²) in [6.45, 7) is 0. The molecule has 1 amide bonds. The highest BCUT2D eigenvalue weighted by atomic mass is 35.5. The number of nitrogens with zero attached hydrogens (tertiary/aromatic N) is 1. The van der Waals surface area contributed by atoms with Crippen LogP contribution in [-0.4, -0.2) is 27.9 Å². The molecule has 1 saturated heterocycles. The lowest BCUT2D eigenvalue weighted by atomic mass is 9.97. The van der Waals surface area contributed by atoms with Gasteiger partial charge in [-0.25, -0.2) is 13.6 Å². The molecule has 7 heteroatoms. The molecule has 0 radical (unpaired) electrons. The molecule has 1 N–H and O–H groups in total. The number of carboxylic acid groups (broad SMARTS) is 1. The second kappa shape index (κ2) is 8.47. The standard InChI is InChI=1S/C24H18ClF2NO3/c25-17-9-5-4-8-16(17)19-12-13-20(24(30)31)28(19)23(29)21-15(10-11-18(26)22(21)27)14-6-2-1-3-7-14/h1-11,19-20H,12-13H2,(H,30,31). The van der Waals surface area contributed by atoms with Crippen molar-refractivity contribution < 1.29 is 23.5 Å². The molecule has 0 saturated carbocycles. The molecule has 158 valence electrons. The highest BCUT2D eigenvalue weighted by molar-refractivity contribution is 6.31. The Kier molecular flexibility index (Phi) is 5.74. The normalized spacial score (nSPS) is 18.2. The highest BCUT2D eigenvalue weighted by Crippen LogP contribution is 2.41. The molecule has 3 aromatic carbocycles. The van der Waals surface area contributed by atoms with E-state index in [0.29, 0.717) is 22.6 Å². The molecule has 1 aliphatic rings. The first-order valence-electron chi connectivity index (χ1n) is 9.73. The Bertz CT molecular complexity index is 1150. The Labute approximate surface area is 182 Å². The Morgan fingerprint density at radius 1 is 0.935 bits per heavy atom. The quantitative estimate of drug-likeness (QED) is 0.563. The number of hydrogen-bond donors (Lipinski definition) is 1. The zero-order valence-corrected chi connectivity index (χ0v) is 17.0. The number of carbonyl (C=O) groups excluding carboxylic acids is 1. The highest BCUT2D eigenvalue weighted by Gasteiger charge is 2.44. The van der Waals surface area contributed by atoms with Gasteiger partial charge in [0.15, 0.2) is 11.6 Å². The first-order valence-corrected chi connectivity index (χ1v) is 10.1. The second-order valence-corrected chi connectivity index (χ2v) is 7.74. The van der Waals surface area contributed by atoms with Crippen molar-refractivity contribution in [1.82, 2.24) is 4.90 Å². The maximum Gasteiger partial charge on any atom is 0.326 e. The number of halogens is 3. The fraction of sp³-hybridized carbons (Fsp3) is 0.167. The monoisotopic (exact) mass is 441 g/mol. The number of carbonyl (C=O) groups is 2. The van der Waals surface area contributed by atoms with Gasteiger partial charge >= 0.3 is 5.97 Å². The summed E-state index contributed by atoms with van der Waals surface area (Å²) in [5.74, 6) is -4.57. The minimum atomic E-state index is -1.31. The molecular weight excluding hydrogens is 424 g/mol. The SMILES string of the molecule is O=C(O)C1CCC(c2ccccc2Cl)N1C(=O)c1c(-c2ccccc2)ccc(F)c1F. The molecule has 4 rings (SSSR count). The third-order valence-electron chi connectivity index (χ3n) is 5.56. The van der Waals surface area contributed by atoms with E-state index in [-0.39, 0.29) is 12.0 Å². The van der Waals surface area contributed by atoms with Crippen molar-refractivity contribution in [2.24, 2.45) is 0 Å². The number of aliphatic carboxylic acids is 1. The molecule has 1 aliphatic heterocycles. The second-order valence-electron chi connectivity index (χ2n) is 7.33. The van der Waals surface area contributed by atoms with Crippen LogP contribution in [0.3, 0.4) is 0 Å². The average molecular weight is 442 g/mol. The van der Waals surface area contributed by atoms with Crippen LogP contribution in [0.4, 0.5) is 8.78 Å². The predicted octanol–water partition coefficient (Wildman–Crippen LogP) is 5.72. The first kappa shape index (κ1) is 21.0. The summed E-state index contributed by atoms with van der Waals surface area (Å²) in [6.07, 6.45) is 0.513. The van der Waals surface area contributed by atoms with Crippen LogP contribution in [0.5, 0.6) is 0 Å². The van der Waals surface area contributed by atoms with E-state index in [0.717, 1.165) is 11.0 Å². The molecule has 0 bridgehead atoms. The summed E-state index contributed by atoms with van der Waals surface area (Å²) < 4.78 is 29.2. The van der Waals surface area contributed by atoms with E-state index in [1.54, 1.807) is 54.6 Å². The van der Waals surface area contributed by atoms with Gasteiger partial charge in [-0.1, -0.05) is 66.2 Å². The fourth-order valence-electron chi connectivity index (χ4n) is 4.13. The van der Waals surface area contributed by atoms with Crippen LogP contribution in [0, 0.1) is 11.6 Å². The Balaban J connectivity index is 1.88. The summed E-state index contributed by atoms with van der Waals surface area (Å²) in [6, 6.07) is 15.8. The van der Waals surface area contributed by atoms with Gasteiger partial charge in [-0.05, 0) is 41.7 Å². The van der Waals surface area contributed by atoms with Crippen LogP contribution in [0.2, 0.25) is 5.02 Å². The van der Waals surface area contributed by atoms with E-state index < -0.39 is 41.2 Å². The molecule has 3 aromatic rings. The van der Waals surface area contributed by atoms with E-state index >= 15 is 0 Å². The lowest BCUT2D eigenvalue weighted by molar-refractivity contribution is -0.141. The van der Waals surface area contributed by atoms with Crippen molar-refractivity contribution in [2.75, 3.05) is 0 Å². The van der Waals surface area contributed by atoms with Crippen LogP contribution in [0.1, 0.15) is 34.8 Å². The molecule has 0 spiro atoms. The van der Waals surface area contributed by atoms with E-state index in [9.17, 15) is 23.5 Å². The van der Waals surface area contributed by atoms with Crippen LogP contribution >= 0.6 is 11.6 Å². The third-order valence-corrected chi connectivity index (χ3v) is 5.91.